The third-order valence-corrected chi connectivity index (χ3v) is 6.26. The van der Waals surface area contributed by atoms with Gasteiger partial charge >= 0.3 is 0 Å². The molecule has 2 N–H and O–H groups in total. The standard InChI is InChI=1S/C26H30N4O5/c1-2-3-12-33-20-7-4-18(5-8-20)21-16-22-26(32)29(10-11-30(22)28-21)17-25(31)27-19-6-9-23-24(15-19)35-14-13-34-23/h4-11,15,21-22,28H,2-3,12-14,16-17H2,1H3,(H,27,31). The number of hydrogen-bond acceptors (Lipinski definition) is 7. The summed E-state index contributed by atoms with van der Waals surface area (Å²) in [7, 11) is 0. The topological polar surface area (TPSA) is 92.4 Å². The smallest absolute Gasteiger partial charge is 0.251 e. The van der Waals surface area contributed by atoms with Gasteiger partial charge in [-0.25, -0.2) is 5.43 Å². The maximum absolute atomic E-state index is 13.1. The highest BCUT2D eigenvalue weighted by Crippen LogP contribution is 2.33. The molecule has 3 heterocycles. The lowest BCUT2D eigenvalue weighted by Crippen LogP contribution is -2.49. The van der Waals surface area contributed by atoms with Crippen molar-refractivity contribution in [3.8, 4) is 17.2 Å². The van der Waals surface area contributed by atoms with Crippen molar-refractivity contribution in [1.82, 2.24) is 15.3 Å². The molecule has 3 aliphatic heterocycles. The Kier molecular flexibility index (Phi) is 6.76. The van der Waals surface area contributed by atoms with Crippen LogP contribution in [0.4, 0.5) is 5.69 Å². The van der Waals surface area contributed by atoms with Crippen LogP contribution in [0.1, 0.15) is 37.8 Å². The summed E-state index contributed by atoms with van der Waals surface area (Å²) in [6.07, 6.45) is 6.19. The summed E-state index contributed by atoms with van der Waals surface area (Å²) in [5, 5.41) is 4.66. The fraction of sp³-hybridized carbons (Fsp3) is 0.385. The molecule has 3 aliphatic rings. The molecular weight excluding hydrogens is 448 g/mol. The van der Waals surface area contributed by atoms with E-state index in [0.29, 0.717) is 43.4 Å². The van der Waals surface area contributed by atoms with Gasteiger partial charge in [0.1, 0.15) is 31.5 Å². The summed E-state index contributed by atoms with van der Waals surface area (Å²) < 4.78 is 16.8. The summed E-state index contributed by atoms with van der Waals surface area (Å²) in [5.41, 5.74) is 5.07. The number of hydrazine groups is 1. The van der Waals surface area contributed by atoms with E-state index in [1.165, 1.54) is 4.90 Å². The van der Waals surface area contributed by atoms with Crippen molar-refractivity contribution < 1.29 is 23.8 Å². The van der Waals surface area contributed by atoms with E-state index in [-0.39, 0.29) is 30.4 Å². The predicted octanol–water partition coefficient (Wildman–Crippen LogP) is 3.21. The molecule has 9 nitrogen and oxygen atoms in total. The molecule has 2 aromatic carbocycles. The van der Waals surface area contributed by atoms with Gasteiger partial charge in [-0.1, -0.05) is 25.5 Å². The summed E-state index contributed by atoms with van der Waals surface area (Å²) in [6, 6.07) is 12.9. The summed E-state index contributed by atoms with van der Waals surface area (Å²) in [5.74, 6) is 1.71. The SMILES string of the molecule is CCCCOc1ccc(C2CC3C(=O)N(CC(=O)Nc4ccc5c(c4)OCCO5)C=CN3N2)cc1. The van der Waals surface area contributed by atoms with Crippen molar-refractivity contribution in [2.24, 2.45) is 0 Å². The van der Waals surface area contributed by atoms with Crippen LogP contribution in [0.5, 0.6) is 17.2 Å². The van der Waals surface area contributed by atoms with Crippen molar-refractivity contribution in [2.45, 2.75) is 38.3 Å². The van der Waals surface area contributed by atoms with Gasteiger partial charge in [-0.15, -0.1) is 0 Å². The lowest BCUT2D eigenvalue weighted by molar-refractivity contribution is -0.137. The third-order valence-electron chi connectivity index (χ3n) is 6.26. The Morgan fingerprint density at radius 3 is 2.71 bits per heavy atom. The molecule has 2 atom stereocenters. The van der Waals surface area contributed by atoms with Gasteiger partial charge in [0, 0.05) is 24.2 Å². The Balaban J connectivity index is 1.16. The van der Waals surface area contributed by atoms with Crippen LogP contribution in [0.3, 0.4) is 0 Å². The van der Waals surface area contributed by atoms with Crippen molar-refractivity contribution in [3.05, 3.63) is 60.4 Å². The first-order valence-corrected chi connectivity index (χ1v) is 12.1. The van der Waals surface area contributed by atoms with E-state index < -0.39 is 0 Å². The highest BCUT2D eigenvalue weighted by molar-refractivity contribution is 5.96. The van der Waals surface area contributed by atoms with E-state index in [9.17, 15) is 9.59 Å². The average molecular weight is 479 g/mol. The lowest BCUT2D eigenvalue weighted by atomic mass is 10.0. The number of anilines is 1. The number of hydrogen-bond donors (Lipinski definition) is 2. The molecule has 0 spiro atoms. The minimum Gasteiger partial charge on any atom is -0.494 e. The molecule has 2 aromatic rings. The maximum Gasteiger partial charge on any atom is 0.251 e. The minimum atomic E-state index is -0.368. The van der Waals surface area contributed by atoms with Crippen LogP contribution >= 0.6 is 0 Å². The van der Waals surface area contributed by atoms with Crippen molar-refractivity contribution in [2.75, 3.05) is 31.7 Å². The first-order chi connectivity index (χ1) is 17.1. The highest BCUT2D eigenvalue weighted by Gasteiger charge is 2.40. The van der Waals surface area contributed by atoms with E-state index in [4.69, 9.17) is 14.2 Å². The van der Waals surface area contributed by atoms with Crippen molar-refractivity contribution in [3.63, 3.8) is 0 Å². The number of benzene rings is 2. The van der Waals surface area contributed by atoms with Gasteiger partial charge < -0.3 is 29.4 Å². The lowest BCUT2D eigenvalue weighted by Gasteiger charge is -2.31. The molecule has 0 saturated carbocycles. The molecule has 0 aromatic heterocycles. The number of rotatable bonds is 8. The van der Waals surface area contributed by atoms with Gasteiger partial charge in [0.15, 0.2) is 11.5 Å². The van der Waals surface area contributed by atoms with Gasteiger partial charge in [-0.3, -0.25) is 9.59 Å². The molecule has 184 valence electrons. The number of ether oxygens (including phenoxy) is 3. The number of fused-ring (bicyclic) bond motifs is 2. The van der Waals surface area contributed by atoms with Crippen LogP contribution in [-0.2, 0) is 9.59 Å². The molecule has 0 radical (unpaired) electrons. The van der Waals surface area contributed by atoms with Crippen LogP contribution in [-0.4, -0.2) is 54.1 Å². The van der Waals surface area contributed by atoms with Gasteiger partial charge in [0.2, 0.25) is 5.91 Å². The van der Waals surface area contributed by atoms with Gasteiger partial charge in [-0.05, 0) is 42.7 Å². The van der Waals surface area contributed by atoms with Crippen LogP contribution in [0.15, 0.2) is 54.9 Å². The molecular formula is C26H30N4O5. The second-order valence-electron chi connectivity index (χ2n) is 8.78. The fourth-order valence-electron chi connectivity index (χ4n) is 4.39. The Morgan fingerprint density at radius 1 is 1.11 bits per heavy atom. The second kappa shape index (κ2) is 10.3. The highest BCUT2D eigenvalue weighted by atomic mass is 16.6. The first-order valence-electron chi connectivity index (χ1n) is 12.1. The Hall–Kier alpha value is -3.72. The number of nitrogens with one attached hydrogen (secondary N) is 2. The van der Waals surface area contributed by atoms with Gasteiger partial charge in [-0.2, -0.15) is 0 Å². The van der Waals surface area contributed by atoms with Crippen LogP contribution < -0.4 is 25.0 Å². The largest absolute Gasteiger partial charge is 0.494 e. The average Bonchev–Trinajstić information content (AvgIpc) is 3.31. The van der Waals surface area contributed by atoms with Crippen molar-refractivity contribution >= 4 is 17.5 Å². The summed E-state index contributed by atoms with van der Waals surface area (Å²) in [4.78, 5) is 27.2. The normalized spacial score (nSPS) is 20.5. The first kappa shape index (κ1) is 23.0. The molecule has 0 bridgehead atoms. The van der Waals surface area contributed by atoms with Crippen molar-refractivity contribution in [1.29, 1.82) is 0 Å². The zero-order valence-electron chi connectivity index (χ0n) is 19.7. The zero-order valence-corrected chi connectivity index (χ0v) is 19.7. The number of carbonyl (C=O) groups is 2. The molecule has 1 fully saturated rings. The minimum absolute atomic E-state index is 0.00443. The molecule has 2 amide bonds. The summed E-state index contributed by atoms with van der Waals surface area (Å²) >= 11 is 0. The van der Waals surface area contributed by atoms with E-state index >= 15 is 0 Å². The Labute approximate surface area is 204 Å². The van der Waals surface area contributed by atoms with E-state index in [1.807, 2.05) is 35.5 Å². The molecule has 2 unspecified atom stereocenters. The molecule has 5 rings (SSSR count). The molecule has 1 saturated heterocycles. The third kappa shape index (κ3) is 5.19. The van der Waals surface area contributed by atoms with E-state index in [1.54, 1.807) is 24.4 Å². The van der Waals surface area contributed by atoms with Gasteiger partial charge in [0.05, 0.1) is 12.6 Å². The number of nitrogens with zero attached hydrogens (tertiary/aromatic N) is 2. The Morgan fingerprint density at radius 2 is 1.91 bits per heavy atom. The number of unbranched alkanes of at least 4 members (excludes halogenated alkanes) is 1. The monoisotopic (exact) mass is 478 g/mol. The molecule has 35 heavy (non-hydrogen) atoms. The zero-order chi connectivity index (χ0) is 24.2. The molecule has 0 aliphatic carbocycles. The van der Waals surface area contributed by atoms with E-state index in [0.717, 1.165) is 24.2 Å². The quantitative estimate of drug-likeness (QED) is 0.563. The molecule has 9 heteroatoms. The van der Waals surface area contributed by atoms with Crippen LogP contribution in [0.25, 0.3) is 0 Å². The van der Waals surface area contributed by atoms with Crippen LogP contribution in [0, 0.1) is 0 Å². The number of carbonyl (C=O) groups excluding carboxylic acids is 2. The predicted molar refractivity (Wildman–Crippen MR) is 130 cm³/mol. The fourth-order valence-corrected chi connectivity index (χ4v) is 4.39. The van der Waals surface area contributed by atoms with Crippen LogP contribution in [0.2, 0.25) is 0 Å². The second-order valence-corrected chi connectivity index (χ2v) is 8.78. The Bertz CT molecular complexity index is 1100. The number of amides is 2. The maximum atomic E-state index is 13.1. The van der Waals surface area contributed by atoms with E-state index in [2.05, 4.69) is 17.7 Å². The van der Waals surface area contributed by atoms with Gasteiger partial charge in [0.25, 0.3) is 5.91 Å². The summed E-state index contributed by atoms with van der Waals surface area (Å²) in [6.45, 7) is 3.76.